The van der Waals surface area contributed by atoms with Crippen molar-refractivity contribution in [3.8, 4) is 0 Å². The summed E-state index contributed by atoms with van der Waals surface area (Å²) in [4.78, 5) is 13.2. The second-order valence-electron chi connectivity index (χ2n) is 14.6. The highest BCUT2D eigenvalue weighted by molar-refractivity contribution is 5.82. The maximum atomic E-state index is 14.6. The van der Waals surface area contributed by atoms with Gasteiger partial charge in [0.25, 0.3) is 0 Å². The number of benzene rings is 1. The van der Waals surface area contributed by atoms with E-state index in [9.17, 15) is 13.6 Å². The van der Waals surface area contributed by atoms with Crippen LogP contribution in [0.4, 0.5) is 8.78 Å². The lowest BCUT2D eigenvalue weighted by molar-refractivity contribution is -0.152. The molecular weight excluding hydrogens is 462 g/mol. The third-order valence-electron chi connectivity index (χ3n) is 12.4. The van der Waals surface area contributed by atoms with Crippen LogP contribution in [0, 0.1) is 69.8 Å². The molecule has 0 N–H and O–H groups in total. The molecule has 0 spiro atoms. The quantitative estimate of drug-likeness (QED) is 0.355. The number of Topliss-reactive ketones (excluding diaryl/α,β-unsaturated/α-hetero) is 1. The Hall–Kier alpha value is -1.25. The van der Waals surface area contributed by atoms with E-state index in [0.717, 1.165) is 42.4 Å². The van der Waals surface area contributed by atoms with Gasteiger partial charge in [0.15, 0.2) is 11.6 Å². The first-order chi connectivity index (χ1) is 17.6. The van der Waals surface area contributed by atoms with Crippen LogP contribution in [0.25, 0.3) is 0 Å². The Balaban J connectivity index is 1.33. The number of halogens is 2. The molecule has 4 aliphatic rings. The monoisotopic (exact) mass is 512 g/mol. The van der Waals surface area contributed by atoms with Crippen LogP contribution in [0.5, 0.6) is 0 Å². The van der Waals surface area contributed by atoms with Crippen molar-refractivity contribution in [2.75, 3.05) is 0 Å². The lowest BCUT2D eigenvalue weighted by Gasteiger charge is -2.62. The number of fused-ring (bicyclic) bond motifs is 5. The molecule has 0 saturated heterocycles. The Morgan fingerprint density at radius 3 is 2.38 bits per heavy atom. The van der Waals surface area contributed by atoms with Gasteiger partial charge in [0, 0.05) is 12.3 Å². The first kappa shape index (κ1) is 27.3. The first-order valence-corrected chi connectivity index (χ1v) is 15.5. The molecule has 9 atom stereocenters. The van der Waals surface area contributed by atoms with Gasteiger partial charge < -0.3 is 0 Å². The van der Waals surface area contributed by atoms with E-state index in [-0.39, 0.29) is 17.1 Å². The highest BCUT2D eigenvalue weighted by Crippen LogP contribution is 2.68. The number of rotatable bonds is 7. The van der Waals surface area contributed by atoms with Gasteiger partial charge >= 0.3 is 0 Å². The highest BCUT2D eigenvalue weighted by atomic mass is 19.2. The Bertz CT molecular complexity index is 986. The summed E-state index contributed by atoms with van der Waals surface area (Å²) in [7, 11) is 0. The minimum atomic E-state index is -0.798. The topological polar surface area (TPSA) is 17.1 Å². The summed E-state index contributed by atoms with van der Waals surface area (Å²) in [6.07, 6.45) is 13.7. The number of hydrogen-bond donors (Lipinski definition) is 0. The summed E-state index contributed by atoms with van der Waals surface area (Å²) >= 11 is 0. The van der Waals surface area contributed by atoms with Crippen molar-refractivity contribution in [3.05, 3.63) is 35.4 Å². The number of ketones is 1. The molecule has 5 rings (SSSR count). The molecule has 3 heteroatoms. The molecule has 4 aliphatic carbocycles. The van der Waals surface area contributed by atoms with E-state index >= 15 is 0 Å². The third kappa shape index (κ3) is 4.73. The highest BCUT2D eigenvalue weighted by Gasteiger charge is 2.62. The molecule has 0 aliphatic heterocycles. The van der Waals surface area contributed by atoms with Crippen molar-refractivity contribution in [2.24, 2.45) is 58.2 Å². The maximum Gasteiger partial charge on any atom is 0.162 e. The molecule has 1 nitrogen and oxygen atoms in total. The van der Waals surface area contributed by atoms with Crippen molar-refractivity contribution in [3.63, 3.8) is 0 Å². The van der Waals surface area contributed by atoms with Gasteiger partial charge in [-0.25, -0.2) is 8.78 Å². The van der Waals surface area contributed by atoms with E-state index in [1.54, 1.807) is 12.1 Å². The van der Waals surface area contributed by atoms with Gasteiger partial charge in [-0.3, -0.25) is 4.79 Å². The van der Waals surface area contributed by atoms with Crippen molar-refractivity contribution in [1.82, 2.24) is 0 Å². The molecule has 1 aromatic rings. The van der Waals surface area contributed by atoms with Crippen LogP contribution in [0.2, 0.25) is 0 Å². The van der Waals surface area contributed by atoms with Gasteiger partial charge in [0.2, 0.25) is 0 Å². The van der Waals surface area contributed by atoms with Crippen LogP contribution in [0.3, 0.4) is 0 Å². The second-order valence-corrected chi connectivity index (χ2v) is 14.6. The summed E-state index contributed by atoms with van der Waals surface area (Å²) in [5, 5.41) is 0. The fourth-order valence-electron chi connectivity index (χ4n) is 10.5. The van der Waals surface area contributed by atoms with Crippen LogP contribution in [0.1, 0.15) is 111 Å². The Morgan fingerprint density at radius 1 is 0.892 bits per heavy atom. The van der Waals surface area contributed by atoms with E-state index in [1.807, 2.05) is 0 Å². The van der Waals surface area contributed by atoms with Crippen molar-refractivity contribution in [2.45, 2.75) is 112 Å². The van der Waals surface area contributed by atoms with E-state index in [2.05, 4.69) is 34.6 Å². The van der Waals surface area contributed by atoms with Gasteiger partial charge in [-0.15, -0.1) is 0 Å². The molecule has 4 saturated carbocycles. The van der Waals surface area contributed by atoms with Gasteiger partial charge in [-0.1, -0.05) is 66.0 Å². The summed E-state index contributed by atoms with van der Waals surface area (Å²) in [6, 6.07) is 4.44. The van der Waals surface area contributed by atoms with Crippen LogP contribution < -0.4 is 0 Å². The molecule has 0 unspecified atom stereocenters. The molecule has 37 heavy (non-hydrogen) atoms. The van der Waals surface area contributed by atoms with Crippen LogP contribution >= 0.6 is 0 Å². The Morgan fingerprint density at radius 2 is 1.62 bits per heavy atom. The summed E-state index contributed by atoms with van der Waals surface area (Å²) in [6.45, 7) is 12.3. The zero-order chi connectivity index (χ0) is 26.5. The van der Waals surface area contributed by atoms with Crippen molar-refractivity contribution < 1.29 is 13.6 Å². The lowest BCUT2D eigenvalue weighted by atomic mass is 9.43. The van der Waals surface area contributed by atoms with Crippen LogP contribution in [-0.2, 0) is 11.2 Å². The van der Waals surface area contributed by atoms with E-state index < -0.39 is 11.6 Å². The predicted octanol–water partition coefficient (Wildman–Crippen LogP) is 9.42. The summed E-state index contributed by atoms with van der Waals surface area (Å²) < 4.78 is 28.5. The summed E-state index contributed by atoms with van der Waals surface area (Å²) in [5.74, 6) is 3.59. The van der Waals surface area contributed by atoms with Crippen molar-refractivity contribution in [1.29, 1.82) is 0 Å². The zero-order valence-corrected chi connectivity index (χ0v) is 24.0. The smallest absolute Gasteiger partial charge is 0.162 e. The predicted molar refractivity (Wildman–Crippen MR) is 147 cm³/mol. The lowest BCUT2D eigenvalue weighted by Crippen LogP contribution is -2.56. The number of carbonyl (C=O) groups excluding carboxylic acids is 1. The van der Waals surface area contributed by atoms with Gasteiger partial charge in [0.05, 0.1) is 0 Å². The van der Waals surface area contributed by atoms with Gasteiger partial charge in [-0.05, 0) is 115 Å². The molecule has 0 amide bonds. The first-order valence-electron chi connectivity index (χ1n) is 15.5. The SMILES string of the molecule is CC(C)CCC[C@@H](C)[C@H]1CC[C@H]2[C@@H]3CC[C@H]4[C@H](Cc5cccc(F)c5F)C(=O)CC[C@]4(C)[C@H]3CC[C@]12C. The number of carbonyl (C=O) groups is 1. The average molecular weight is 513 g/mol. The maximum absolute atomic E-state index is 14.6. The standard InChI is InChI=1S/C34H50F2O/c1-21(2)8-6-9-22(3)26-14-15-27-24-12-13-28-25(20-23-10-7-11-30(35)32(23)36)31(37)17-19-34(28,5)29(24)16-18-33(26,27)4/h7,10-11,21-22,24-29H,6,8-9,12-20H2,1-5H3/t22-,24+,25+,26-,27+,28+,29+,33-,34+/m1/s1. The van der Waals surface area contributed by atoms with E-state index in [1.165, 1.54) is 57.4 Å². The number of hydrogen-bond acceptors (Lipinski definition) is 1. The van der Waals surface area contributed by atoms with Crippen LogP contribution in [0.15, 0.2) is 18.2 Å². The zero-order valence-electron chi connectivity index (χ0n) is 24.0. The van der Waals surface area contributed by atoms with E-state index in [4.69, 9.17) is 0 Å². The molecular formula is C34H50F2O. The van der Waals surface area contributed by atoms with E-state index in [0.29, 0.717) is 35.7 Å². The molecule has 0 aromatic heterocycles. The minimum absolute atomic E-state index is 0.146. The fourth-order valence-corrected chi connectivity index (χ4v) is 10.5. The Labute approximate surface area is 224 Å². The molecule has 0 bridgehead atoms. The molecule has 206 valence electrons. The van der Waals surface area contributed by atoms with Gasteiger partial charge in [0.1, 0.15) is 5.78 Å². The fraction of sp³-hybridized carbons (Fsp3) is 0.794. The van der Waals surface area contributed by atoms with Gasteiger partial charge in [-0.2, -0.15) is 0 Å². The largest absolute Gasteiger partial charge is 0.299 e. The average Bonchev–Trinajstić information content (AvgIpc) is 3.21. The Kier molecular flexibility index (Phi) is 7.67. The molecule has 0 heterocycles. The summed E-state index contributed by atoms with van der Waals surface area (Å²) in [5.41, 5.74) is 0.995. The third-order valence-corrected chi connectivity index (χ3v) is 12.4. The normalized spacial score (nSPS) is 40.3. The second kappa shape index (κ2) is 10.4. The van der Waals surface area contributed by atoms with Crippen molar-refractivity contribution >= 4 is 5.78 Å². The minimum Gasteiger partial charge on any atom is -0.299 e. The molecule has 1 aromatic carbocycles. The van der Waals surface area contributed by atoms with Crippen LogP contribution in [-0.4, -0.2) is 5.78 Å². The molecule has 4 fully saturated rings. The molecule has 0 radical (unpaired) electrons.